The molecule has 126 valence electrons. The van der Waals surface area contributed by atoms with Gasteiger partial charge in [0.05, 0.1) is 14.6 Å². The van der Waals surface area contributed by atoms with E-state index < -0.39 is 30.2 Å². The van der Waals surface area contributed by atoms with E-state index in [0.29, 0.717) is 0 Å². The van der Waals surface area contributed by atoms with E-state index in [1.807, 2.05) is 0 Å². The number of rotatable bonds is 3. The van der Waals surface area contributed by atoms with Crippen LogP contribution in [0.1, 0.15) is 10.4 Å². The van der Waals surface area contributed by atoms with Crippen LogP contribution in [0.25, 0.3) is 0 Å². The molecule has 1 heterocycles. The number of phenolic OH excluding ortho intramolecular Hbond substituents is 1. The number of allylic oxidation sites excluding steroid dienone is 1. The van der Waals surface area contributed by atoms with Crippen molar-refractivity contribution >= 4 is 37.8 Å². The van der Waals surface area contributed by atoms with Gasteiger partial charge in [0.1, 0.15) is 5.75 Å². The van der Waals surface area contributed by atoms with Gasteiger partial charge in [-0.25, -0.2) is 22.6 Å². The number of carbonyl (C=O) groups excluding carboxylic acids is 1. The van der Waals surface area contributed by atoms with Crippen LogP contribution in [0.15, 0.2) is 32.9 Å². The molecule has 2 rings (SSSR count). The number of amides is 1. The SMILES string of the molecule is O=C(c1cc(Br)c(O)c(Br)c1)N1NC(C(F)F)=CC1(O)C(F)F. The number of carbonyl (C=O) groups is 1. The number of nitrogens with zero attached hydrogens (tertiary/aromatic N) is 1. The van der Waals surface area contributed by atoms with Crippen LogP contribution in [0.3, 0.4) is 0 Å². The minimum Gasteiger partial charge on any atom is -0.506 e. The molecule has 1 aliphatic heterocycles. The highest BCUT2D eigenvalue weighted by atomic mass is 79.9. The number of nitrogens with one attached hydrogen (secondary N) is 1. The molecule has 1 aromatic rings. The van der Waals surface area contributed by atoms with Crippen molar-refractivity contribution in [1.82, 2.24) is 10.4 Å². The fourth-order valence-electron chi connectivity index (χ4n) is 1.85. The second kappa shape index (κ2) is 6.29. The summed E-state index contributed by atoms with van der Waals surface area (Å²) in [6.45, 7) is 0. The predicted molar refractivity (Wildman–Crippen MR) is 77.9 cm³/mol. The molecule has 0 bridgehead atoms. The zero-order valence-electron chi connectivity index (χ0n) is 10.9. The van der Waals surface area contributed by atoms with Gasteiger partial charge in [0.15, 0.2) is 0 Å². The lowest BCUT2D eigenvalue weighted by molar-refractivity contribution is -0.146. The molecule has 1 aromatic carbocycles. The molecule has 1 unspecified atom stereocenters. The Balaban J connectivity index is 2.43. The molecule has 1 amide bonds. The third-order valence-corrected chi connectivity index (χ3v) is 4.20. The fraction of sp³-hybridized carbons (Fsp3) is 0.250. The van der Waals surface area contributed by atoms with Gasteiger partial charge in [0.25, 0.3) is 18.8 Å². The Morgan fingerprint density at radius 1 is 1.22 bits per heavy atom. The maximum absolute atomic E-state index is 13.1. The maximum Gasteiger partial charge on any atom is 0.291 e. The normalized spacial score (nSPS) is 20.9. The zero-order valence-corrected chi connectivity index (χ0v) is 14.1. The lowest BCUT2D eigenvalue weighted by atomic mass is 10.1. The van der Waals surface area contributed by atoms with Crippen molar-refractivity contribution in [3.05, 3.63) is 38.4 Å². The summed E-state index contributed by atoms with van der Waals surface area (Å²) in [4.78, 5) is 12.3. The summed E-state index contributed by atoms with van der Waals surface area (Å²) in [6, 6.07) is 2.19. The van der Waals surface area contributed by atoms with Gasteiger partial charge in [-0.1, -0.05) is 0 Å². The number of alkyl halides is 4. The van der Waals surface area contributed by atoms with Crippen molar-refractivity contribution < 1.29 is 32.6 Å². The van der Waals surface area contributed by atoms with Crippen LogP contribution in [0.2, 0.25) is 0 Å². The molecule has 5 nitrogen and oxygen atoms in total. The van der Waals surface area contributed by atoms with E-state index in [9.17, 15) is 32.6 Å². The van der Waals surface area contributed by atoms with E-state index in [2.05, 4.69) is 31.9 Å². The summed E-state index contributed by atoms with van der Waals surface area (Å²) < 4.78 is 51.7. The van der Waals surface area contributed by atoms with E-state index in [4.69, 9.17) is 0 Å². The Labute approximate surface area is 143 Å². The second-order valence-electron chi connectivity index (χ2n) is 4.53. The molecule has 1 atom stereocenters. The molecule has 1 aliphatic rings. The van der Waals surface area contributed by atoms with Crippen LogP contribution in [0, 0.1) is 0 Å². The van der Waals surface area contributed by atoms with Crippen LogP contribution < -0.4 is 5.43 Å². The third kappa shape index (κ3) is 3.17. The Hall–Kier alpha value is -1.33. The second-order valence-corrected chi connectivity index (χ2v) is 6.23. The number of aromatic hydroxyl groups is 1. The fourth-order valence-corrected chi connectivity index (χ4v) is 3.03. The minimum atomic E-state index is -3.53. The van der Waals surface area contributed by atoms with Crippen molar-refractivity contribution in [2.24, 2.45) is 0 Å². The van der Waals surface area contributed by atoms with E-state index in [-0.39, 0.29) is 31.3 Å². The minimum absolute atomic E-state index is 0.0183. The summed E-state index contributed by atoms with van der Waals surface area (Å²) >= 11 is 5.90. The first-order chi connectivity index (χ1) is 10.6. The predicted octanol–water partition coefficient (Wildman–Crippen LogP) is 2.98. The molecule has 0 aliphatic carbocycles. The lowest BCUT2D eigenvalue weighted by Crippen LogP contribution is -2.56. The highest BCUT2D eigenvalue weighted by Gasteiger charge is 2.51. The number of benzene rings is 1. The molecule has 0 saturated carbocycles. The van der Waals surface area contributed by atoms with Crippen molar-refractivity contribution in [3.63, 3.8) is 0 Å². The molecule has 0 aromatic heterocycles. The number of hydrogen-bond acceptors (Lipinski definition) is 4. The molecule has 0 radical (unpaired) electrons. The van der Waals surface area contributed by atoms with Crippen molar-refractivity contribution in [1.29, 1.82) is 0 Å². The third-order valence-electron chi connectivity index (χ3n) is 2.99. The Bertz CT molecular complexity index is 663. The van der Waals surface area contributed by atoms with Crippen LogP contribution in [-0.4, -0.2) is 39.7 Å². The summed E-state index contributed by atoms with van der Waals surface area (Å²) in [6.07, 6.45) is -6.51. The van der Waals surface area contributed by atoms with Crippen LogP contribution in [-0.2, 0) is 0 Å². The first-order valence-electron chi connectivity index (χ1n) is 5.88. The van der Waals surface area contributed by atoms with Crippen molar-refractivity contribution in [2.75, 3.05) is 0 Å². The molecule has 11 heteroatoms. The molecular weight excluding hydrogens is 456 g/mol. The quantitative estimate of drug-likeness (QED) is 0.602. The Morgan fingerprint density at radius 2 is 1.74 bits per heavy atom. The topological polar surface area (TPSA) is 72.8 Å². The van der Waals surface area contributed by atoms with Gasteiger partial charge in [-0.2, -0.15) is 0 Å². The number of hydrogen-bond donors (Lipinski definition) is 3. The molecular formula is C12H8Br2F4N2O3. The van der Waals surface area contributed by atoms with Gasteiger partial charge < -0.3 is 10.2 Å². The number of aliphatic hydroxyl groups is 1. The summed E-state index contributed by atoms with van der Waals surface area (Å²) in [7, 11) is 0. The largest absolute Gasteiger partial charge is 0.506 e. The van der Waals surface area contributed by atoms with Crippen LogP contribution >= 0.6 is 31.9 Å². The molecule has 0 spiro atoms. The monoisotopic (exact) mass is 462 g/mol. The summed E-state index contributed by atoms with van der Waals surface area (Å²) in [5.74, 6) is -1.44. The highest BCUT2D eigenvalue weighted by Crippen LogP contribution is 2.36. The van der Waals surface area contributed by atoms with Gasteiger partial charge >= 0.3 is 0 Å². The number of hydrazine groups is 1. The Morgan fingerprint density at radius 3 is 2.17 bits per heavy atom. The smallest absolute Gasteiger partial charge is 0.291 e. The first-order valence-corrected chi connectivity index (χ1v) is 7.47. The van der Waals surface area contributed by atoms with Gasteiger partial charge in [0.2, 0.25) is 5.72 Å². The van der Waals surface area contributed by atoms with Crippen LogP contribution in [0.4, 0.5) is 17.6 Å². The van der Waals surface area contributed by atoms with Gasteiger partial charge in [-0.15, -0.1) is 0 Å². The standard InChI is InChI=1S/C12H8Br2F4N2O3/c13-5-1-4(2-6(14)8(5)21)10(22)20-12(23,11(17)18)3-7(19-20)9(15)16/h1-3,9,11,19,21,23H. The summed E-state index contributed by atoms with van der Waals surface area (Å²) in [5.41, 5.74) is -2.69. The van der Waals surface area contributed by atoms with E-state index >= 15 is 0 Å². The lowest BCUT2D eigenvalue weighted by Gasteiger charge is -2.31. The van der Waals surface area contributed by atoms with E-state index in [0.717, 1.165) is 12.1 Å². The molecule has 0 saturated heterocycles. The van der Waals surface area contributed by atoms with Crippen LogP contribution in [0.5, 0.6) is 5.75 Å². The first kappa shape index (κ1) is 18.0. The molecule has 3 N–H and O–H groups in total. The van der Waals surface area contributed by atoms with Gasteiger partial charge in [0, 0.05) is 11.6 Å². The van der Waals surface area contributed by atoms with Crippen molar-refractivity contribution in [3.8, 4) is 5.75 Å². The Kier molecular flexibility index (Phi) is 4.92. The maximum atomic E-state index is 13.1. The molecule has 0 fully saturated rings. The van der Waals surface area contributed by atoms with Gasteiger partial charge in [-0.05, 0) is 44.0 Å². The highest BCUT2D eigenvalue weighted by molar-refractivity contribution is 9.11. The number of phenols is 1. The zero-order chi connectivity index (χ0) is 17.5. The number of halogens is 6. The average Bonchev–Trinajstić information content (AvgIpc) is 2.83. The average molecular weight is 464 g/mol. The molecule has 23 heavy (non-hydrogen) atoms. The summed E-state index contributed by atoms with van der Waals surface area (Å²) in [5, 5.41) is 19.5. The van der Waals surface area contributed by atoms with E-state index in [1.165, 1.54) is 0 Å². The van der Waals surface area contributed by atoms with Gasteiger partial charge in [-0.3, -0.25) is 10.2 Å². The van der Waals surface area contributed by atoms with E-state index in [1.54, 1.807) is 5.43 Å². The van der Waals surface area contributed by atoms with Crippen molar-refractivity contribution in [2.45, 2.75) is 18.6 Å².